The predicted octanol–water partition coefficient (Wildman–Crippen LogP) is 2.04. The first-order valence-corrected chi connectivity index (χ1v) is 7.59. The minimum Gasteiger partial charge on any atom is -0.271 e. The molecule has 3 N–H and O–H groups in total. The van der Waals surface area contributed by atoms with Crippen molar-refractivity contribution in [3.8, 4) is 0 Å². The zero-order valence-corrected chi connectivity index (χ0v) is 13.3. The van der Waals surface area contributed by atoms with Gasteiger partial charge in [-0.25, -0.2) is 0 Å². The molecule has 0 fully saturated rings. The van der Waals surface area contributed by atoms with Gasteiger partial charge in [0.2, 0.25) is 0 Å². The van der Waals surface area contributed by atoms with E-state index in [9.17, 15) is 0 Å². The van der Waals surface area contributed by atoms with Crippen LogP contribution in [0.5, 0.6) is 0 Å². The van der Waals surface area contributed by atoms with Crippen LogP contribution in [-0.4, -0.2) is 20.8 Å². The summed E-state index contributed by atoms with van der Waals surface area (Å²) in [5.74, 6) is 5.68. The summed E-state index contributed by atoms with van der Waals surface area (Å²) < 4.78 is 1.85. The number of aromatic nitrogens is 3. The highest BCUT2D eigenvalue weighted by atomic mass is 35.5. The Kier molecular flexibility index (Phi) is 5.73. The van der Waals surface area contributed by atoms with E-state index in [1.165, 1.54) is 0 Å². The second kappa shape index (κ2) is 7.54. The van der Waals surface area contributed by atoms with Crippen LogP contribution in [0.3, 0.4) is 0 Å². The Morgan fingerprint density at radius 1 is 1.43 bits per heavy atom. The molecule has 2 heterocycles. The van der Waals surface area contributed by atoms with E-state index in [1.54, 1.807) is 0 Å². The van der Waals surface area contributed by atoms with Gasteiger partial charge in [0.05, 0.1) is 16.4 Å². The molecular weight excluding hydrogens is 286 g/mol. The van der Waals surface area contributed by atoms with Crippen LogP contribution in [0.4, 0.5) is 0 Å². The molecule has 0 saturated carbocycles. The average molecular weight is 308 g/mol. The standard InChI is InChI=1S/C15H22ClN5/c1-3-13-15(16)14(21(2)20-13)10-12(19-17)8-7-11-6-4-5-9-18-11/h4-6,9,12,19H,3,7-8,10,17H2,1-2H3. The minimum absolute atomic E-state index is 0.143. The lowest BCUT2D eigenvalue weighted by Crippen LogP contribution is -2.37. The molecule has 1 atom stereocenters. The molecule has 0 bridgehead atoms. The number of rotatable bonds is 7. The highest BCUT2D eigenvalue weighted by Gasteiger charge is 2.17. The Bertz CT molecular complexity index is 567. The number of aryl methyl sites for hydroxylation is 3. The third-order valence-electron chi connectivity index (χ3n) is 3.65. The molecule has 2 aromatic heterocycles. The highest BCUT2D eigenvalue weighted by molar-refractivity contribution is 6.31. The molecule has 0 aromatic carbocycles. The normalized spacial score (nSPS) is 12.6. The van der Waals surface area contributed by atoms with Crippen LogP contribution in [0.2, 0.25) is 5.02 Å². The van der Waals surface area contributed by atoms with Gasteiger partial charge in [0, 0.05) is 31.4 Å². The number of hydrogen-bond acceptors (Lipinski definition) is 4. The fraction of sp³-hybridized carbons (Fsp3) is 0.467. The summed E-state index contributed by atoms with van der Waals surface area (Å²) in [5.41, 5.74) is 5.91. The van der Waals surface area contributed by atoms with Gasteiger partial charge in [0.15, 0.2) is 0 Å². The molecule has 0 aliphatic rings. The van der Waals surface area contributed by atoms with Crippen molar-refractivity contribution in [2.75, 3.05) is 0 Å². The van der Waals surface area contributed by atoms with Crippen molar-refractivity contribution in [1.82, 2.24) is 20.2 Å². The number of hydrogen-bond donors (Lipinski definition) is 2. The molecule has 0 saturated heterocycles. The van der Waals surface area contributed by atoms with E-state index in [2.05, 4.69) is 22.4 Å². The Hall–Kier alpha value is -1.43. The Morgan fingerprint density at radius 2 is 2.24 bits per heavy atom. The lowest BCUT2D eigenvalue weighted by atomic mass is 10.0. The molecular formula is C15H22ClN5. The Balaban J connectivity index is 2.01. The van der Waals surface area contributed by atoms with Gasteiger partial charge in [-0.3, -0.25) is 20.9 Å². The zero-order chi connectivity index (χ0) is 15.2. The van der Waals surface area contributed by atoms with E-state index in [0.717, 1.165) is 47.8 Å². The third kappa shape index (κ3) is 4.03. The van der Waals surface area contributed by atoms with E-state index in [-0.39, 0.29) is 6.04 Å². The first kappa shape index (κ1) is 15.9. The number of pyridine rings is 1. The smallest absolute Gasteiger partial charge is 0.0850 e. The lowest BCUT2D eigenvalue weighted by molar-refractivity contribution is 0.476. The Morgan fingerprint density at radius 3 is 2.81 bits per heavy atom. The number of nitrogens with zero attached hydrogens (tertiary/aromatic N) is 3. The average Bonchev–Trinajstić information content (AvgIpc) is 2.79. The van der Waals surface area contributed by atoms with Gasteiger partial charge in [0.1, 0.15) is 0 Å². The second-order valence-electron chi connectivity index (χ2n) is 5.11. The van der Waals surface area contributed by atoms with Crippen LogP contribution in [0.15, 0.2) is 24.4 Å². The maximum absolute atomic E-state index is 6.38. The summed E-state index contributed by atoms with van der Waals surface area (Å²) in [6.45, 7) is 2.05. The quantitative estimate of drug-likeness (QED) is 0.607. The van der Waals surface area contributed by atoms with Gasteiger partial charge >= 0.3 is 0 Å². The summed E-state index contributed by atoms with van der Waals surface area (Å²) >= 11 is 6.38. The summed E-state index contributed by atoms with van der Waals surface area (Å²) in [5, 5.41) is 5.20. The first-order valence-electron chi connectivity index (χ1n) is 7.22. The van der Waals surface area contributed by atoms with Gasteiger partial charge in [-0.2, -0.15) is 5.10 Å². The lowest BCUT2D eigenvalue weighted by Gasteiger charge is -2.16. The van der Waals surface area contributed by atoms with Crippen molar-refractivity contribution in [3.63, 3.8) is 0 Å². The van der Waals surface area contributed by atoms with Crippen molar-refractivity contribution < 1.29 is 0 Å². The molecule has 21 heavy (non-hydrogen) atoms. The molecule has 2 rings (SSSR count). The molecule has 6 heteroatoms. The topological polar surface area (TPSA) is 68.8 Å². The molecule has 0 radical (unpaired) electrons. The van der Waals surface area contributed by atoms with E-state index < -0.39 is 0 Å². The fourth-order valence-corrected chi connectivity index (χ4v) is 2.76. The maximum atomic E-state index is 6.38. The van der Waals surface area contributed by atoms with E-state index in [0.29, 0.717) is 0 Å². The summed E-state index contributed by atoms with van der Waals surface area (Å²) in [6, 6.07) is 6.09. The fourth-order valence-electron chi connectivity index (χ4n) is 2.39. The van der Waals surface area contributed by atoms with E-state index in [1.807, 2.05) is 36.1 Å². The first-order chi connectivity index (χ1) is 10.2. The van der Waals surface area contributed by atoms with Crippen LogP contribution in [-0.2, 0) is 26.3 Å². The molecule has 5 nitrogen and oxygen atoms in total. The van der Waals surface area contributed by atoms with Gasteiger partial charge < -0.3 is 0 Å². The number of nitrogens with two attached hydrogens (primary N) is 1. The molecule has 0 amide bonds. The zero-order valence-electron chi connectivity index (χ0n) is 12.5. The van der Waals surface area contributed by atoms with Crippen molar-refractivity contribution in [2.24, 2.45) is 12.9 Å². The van der Waals surface area contributed by atoms with Crippen LogP contribution >= 0.6 is 11.6 Å². The number of nitrogens with one attached hydrogen (secondary N) is 1. The van der Waals surface area contributed by atoms with Gasteiger partial charge in [0.25, 0.3) is 0 Å². The molecule has 2 aromatic rings. The minimum atomic E-state index is 0.143. The van der Waals surface area contributed by atoms with Gasteiger partial charge in [-0.15, -0.1) is 0 Å². The second-order valence-corrected chi connectivity index (χ2v) is 5.49. The predicted molar refractivity (Wildman–Crippen MR) is 85.0 cm³/mol. The largest absolute Gasteiger partial charge is 0.271 e. The van der Waals surface area contributed by atoms with Crippen LogP contribution in [0, 0.1) is 0 Å². The monoisotopic (exact) mass is 307 g/mol. The van der Waals surface area contributed by atoms with Crippen molar-refractivity contribution >= 4 is 11.6 Å². The number of hydrazine groups is 1. The van der Waals surface area contributed by atoms with Crippen LogP contribution < -0.4 is 11.3 Å². The molecule has 114 valence electrons. The van der Waals surface area contributed by atoms with E-state index >= 15 is 0 Å². The van der Waals surface area contributed by atoms with Crippen molar-refractivity contribution in [1.29, 1.82) is 0 Å². The summed E-state index contributed by atoms with van der Waals surface area (Å²) in [6.07, 6.45) is 5.18. The van der Waals surface area contributed by atoms with Crippen LogP contribution in [0.1, 0.15) is 30.4 Å². The van der Waals surface area contributed by atoms with Crippen molar-refractivity contribution in [3.05, 3.63) is 46.5 Å². The molecule has 0 aliphatic heterocycles. The van der Waals surface area contributed by atoms with Gasteiger partial charge in [-0.05, 0) is 31.4 Å². The van der Waals surface area contributed by atoms with Crippen LogP contribution in [0.25, 0.3) is 0 Å². The maximum Gasteiger partial charge on any atom is 0.0850 e. The van der Waals surface area contributed by atoms with Crippen molar-refractivity contribution in [2.45, 2.75) is 38.6 Å². The van der Waals surface area contributed by atoms with E-state index in [4.69, 9.17) is 17.4 Å². The number of halogens is 1. The highest BCUT2D eigenvalue weighted by Crippen LogP contribution is 2.22. The Labute approximate surface area is 130 Å². The molecule has 0 aliphatic carbocycles. The molecule has 1 unspecified atom stereocenters. The summed E-state index contributed by atoms with van der Waals surface area (Å²) in [4.78, 5) is 4.33. The summed E-state index contributed by atoms with van der Waals surface area (Å²) in [7, 11) is 1.92. The SMILES string of the molecule is CCc1nn(C)c(CC(CCc2ccccn2)NN)c1Cl. The third-order valence-corrected chi connectivity index (χ3v) is 4.09. The van der Waals surface area contributed by atoms with Gasteiger partial charge in [-0.1, -0.05) is 24.6 Å². The molecule has 0 spiro atoms.